The van der Waals surface area contributed by atoms with Gasteiger partial charge in [0.05, 0.1) is 16.0 Å². The molecule has 2 aromatic heterocycles. The Morgan fingerprint density at radius 3 is 2.75 bits per heavy atom. The van der Waals surface area contributed by atoms with Gasteiger partial charge in [0.1, 0.15) is 17.2 Å². The Morgan fingerprint density at radius 1 is 1.25 bits per heavy atom. The molecule has 0 amide bonds. The molecule has 0 radical (unpaired) electrons. The lowest BCUT2D eigenvalue weighted by Gasteiger charge is -2.08. The van der Waals surface area contributed by atoms with E-state index < -0.39 is 0 Å². The van der Waals surface area contributed by atoms with Gasteiger partial charge in [-0.05, 0) is 56.1 Å². The Hall–Kier alpha value is -0.980. The minimum atomic E-state index is -0.318. The van der Waals surface area contributed by atoms with Crippen LogP contribution in [0.3, 0.4) is 0 Å². The molecule has 20 heavy (non-hydrogen) atoms. The smallest absolute Gasteiger partial charge is 0.164 e. The first-order valence-corrected chi connectivity index (χ1v) is 7.76. The van der Waals surface area contributed by atoms with Crippen molar-refractivity contribution in [3.8, 4) is 5.69 Å². The largest absolute Gasteiger partial charge is 0.280 e. The molecule has 0 saturated carbocycles. The van der Waals surface area contributed by atoms with Crippen LogP contribution in [0.4, 0.5) is 4.39 Å². The third kappa shape index (κ3) is 2.36. The van der Waals surface area contributed by atoms with E-state index in [1.54, 1.807) is 18.3 Å². The summed E-state index contributed by atoms with van der Waals surface area (Å²) >= 11 is 12.5. The molecule has 102 valence electrons. The number of benzene rings is 1. The van der Waals surface area contributed by atoms with E-state index in [0.29, 0.717) is 15.9 Å². The highest BCUT2D eigenvalue weighted by molar-refractivity contribution is 9.10. The van der Waals surface area contributed by atoms with Gasteiger partial charge in [-0.1, -0.05) is 0 Å². The second-order valence-corrected chi connectivity index (χ2v) is 6.13. The van der Waals surface area contributed by atoms with E-state index >= 15 is 0 Å². The first-order chi connectivity index (χ1) is 9.60. The summed E-state index contributed by atoms with van der Waals surface area (Å²) in [4.78, 5) is 8.81. The molecule has 0 bridgehead atoms. The molecule has 0 aliphatic rings. The van der Waals surface area contributed by atoms with Crippen LogP contribution in [0, 0.1) is 5.82 Å². The van der Waals surface area contributed by atoms with Crippen molar-refractivity contribution >= 4 is 54.6 Å². The number of pyridine rings is 1. The normalized spacial score (nSPS) is 11.2. The number of halogens is 4. The zero-order valence-electron chi connectivity index (χ0n) is 9.95. The molecule has 3 aromatic rings. The fraction of sp³-hybridized carbons (Fsp3) is 0.0769. The topological polar surface area (TPSA) is 30.7 Å². The van der Waals surface area contributed by atoms with Gasteiger partial charge in [-0.25, -0.2) is 14.4 Å². The second kappa shape index (κ2) is 5.42. The van der Waals surface area contributed by atoms with Gasteiger partial charge in [-0.2, -0.15) is 0 Å². The molecule has 0 fully saturated rings. The molecule has 0 aliphatic heterocycles. The van der Waals surface area contributed by atoms with Gasteiger partial charge in [0.25, 0.3) is 0 Å². The highest BCUT2D eigenvalue weighted by Gasteiger charge is 2.14. The molecule has 0 saturated heterocycles. The number of fused-ring (bicyclic) bond motifs is 1. The first kappa shape index (κ1) is 14.0. The summed E-state index contributed by atoms with van der Waals surface area (Å²) in [7, 11) is 0. The summed E-state index contributed by atoms with van der Waals surface area (Å²) in [6, 6.07) is 6.60. The number of imidazole rings is 1. The minimum Gasteiger partial charge on any atom is -0.280 e. The number of aromatic nitrogens is 3. The zero-order chi connectivity index (χ0) is 14.3. The number of alkyl halides is 1. The van der Waals surface area contributed by atoms with E-state index in [4.69, 9.17) is 11.6 Å². The maximum absolute atomic E-state index is 13.4. The van der Waals surface area contributed by atoms with Crippen molar-refractivity contribution in [3.05, 3.63) is 51.0 Å². The predicted octanol–water partition coefficient (Wildman–Crippen LogP) is 4.82. The Bertz CT molecular complexity index is 804. The van der Waals surface area contributed by atoms with Crippen molar-refractivity contribution in [2.24, 2.45) is 0 Å². The summed E-state index contributed by atoms with van der Waals surface area (Å²) in [6.07, 6.45) is 1.69. The van der Waals surface area contributed by atoms with Crippen LogP contribution >= 0.6 is 43.5 Å². The number of hydrogen-bond donors (Lipinski definition) is 0. The summed E-state index contributed by atoms with van der Waals surface area (Å²) in [5.41, 5.74) is 2.17. The van der Waals surface area contributed by atoms with E-state index in [9.17, 15) is 4.39 Å². The van der Waals surface area contributed by atoms with Gasteiger partial charge in [0, 0.05) is 10.7 Å². The predicted molar refractivity (Wildman–Crippen MR) is 83.8 cm³/mol. The van der Waals surface area contributed by atoms with E-state index in [1.165, 1.54) is 6.07 Å². The Balaban J connectivity index is 2.30. The number of nitrogens with zero attached hydrogens (tertiary/aromatic N) is 3. The molecule has 0 aliphatic carbocycles. The van der Waals surface area contributed by atoms with Crippen LogP contribution in [0.5, 0.6) is 0 Å². The fourth-order valence-electron chi connectivity index (χ4n) is 1.97. The third-order valence-corrected chi connectivity index (χ3v) is 4.09. The second-order valence-electron chi connectivity index (χ2n) is 4.09. The van der Waals surface area contributed by atoms with Crippen molar-refractivity contribution < 1.29 is 4.39 Å². The average Bonchev–Trinajstić information content (AvgIpc) is 2.79. The van der Waals surface area contributed by atoms with Crippen LogP contribution in [0.15, 0.2) is 39.4 Å². The highest BCUT2D eigenvalue weighted by Crippen LogP contribution is 2.26. The van der Waals surface area contributed by atoms with Crippen LogP contribution in [0.2, 0.25) is 0 Å². The molecule has 0 N–H and O–H groups in total. The maximum atomic E-state index is 13.4. The number of rotatable bonds is 2. The molecule has 0 spiro atoms. The molecule has 1 aromatic carbocycles. The summed E-state index contributed by atoms with van der Waals surface area (Å²) in [5, 5.41) is 0. The lowest BCUT2D eigenvalue weighted by atomic mass is 10.3. The maximum Gasteiger partial charge on any atom is 0.164 e. The van der Waals surface area contributed by atoms with Crippen molar-refractivity contribution in [3.63, 3.8) is 0 Å². The lowest BCUT2D eigenvalue weighted by Crippen LogP contribution is -2.00. The van der Waals surface area contributed by atoms with Crippen LogP contribution in [-0.2, 0) is 5.88 Å². The van der Waals surface area contributed by atoms with Gasteiger partial charge >= 0.3 is 0 Å². The Kier molecular flexibility index (Phi) is 3.79. The summed E-state index contributed by atoms with van der Waals surface area (Å²) in [6.45, 7) is 0. The van der Waals surface area contributed by atoms with E-state index in [0.717, 1.165) is 15.7 Å². The SMILES string of the molecule is Fc1ccc(-n2c(CCl)nc3cc(Br)cnc32)cc1Br. The van der Waals surface area contributed by atoms with Crippen molar-refractivity contribution in [1.29, 1.82) is 0 Å². The van der Waals surface area contributed by atoms with Gasteiger partial charge in [0.2, 0.25) is 0 Å². The van der Waals surface area contributed by atoms with E-state index in [2.05, 4.69) is 41.8 Å². The van der Waals surface area contributed by atoms with Crippen LogP contribution in [-0.4, -0.2) is 14.5 Å². The van der Waals surface area contributed by atoms with Gasteiger partial charge in [-0.3, -0.25) is 4.57 Å². The van der Waals surface area contributed by atoms with Gasteiger partial charge in [-0.15, -0.1) is 11.6 Å². The lowest BCUT2D eigenvalue weighted by molar-refractivity contribution is 0.620. The molecule has 0 unspecified atom stereocenters. The molecule has 3 nitrogen and oxygen atoms in total. The van der Waals surface area contributed by atoms with Crippen LogP contribution in [0.1, 0.15) is 5.82 Å². The Labute approximate surface area is 136 Å². The zero-order valence-corrected chi connectivity index (χ0v) is 13.9. The number of hydrogen-bond acceptors (Lipinski definition) is 2. The van der Waals surface area contributed by atoms with E-state index in [1.807, 2.05) is 10.6 Å². The van der Waals surface area contributed by atoms with Gasteiger partial charge < -0.3 is 0 Å². The van der Waals surface area contributed by atoms with Gasteiger partial charge in [0.15, 0.2) is 5.65 Å². The molecule has 7 heteroatoms. The van der Waals surface area contributed by atoms with Crippen molar-refractivity contribution in [2.45, 2.75) is 5.88 Å². The molecular weight excluding hydrogens is 412 g/mol. The minimum absolute atomic E-state index is 0.239. The monoisotopic (exact) mass is 417 g/mol. The summed E-state index contributed by atoms with van der Waals surface area (Å²) in [5.74, 6) is 0.579. The van der Waals surface area contributed by atoms with Crippen molar-refractivity contribution in [1.82, 2.24) is 14.5 Å². The third-order valence-electron chi connectivity index (χ3n) is 2.81. The molecule has 0 atom stereocenters. The molecular formula is C13H7Br2ClFN3. The molecule has 2 heterocycles. The van der Waals surface area contributed by atoms with Crippen LogP contribution in [0.25, 0.3) is 16.9 Å². The summed E-state index contributed by atoms with van der Waals surface area (Å²) < 4.78 is 16.4. The Morgan fingerprint density at radius 2 is 2.05 bits per heavy atom. The van der Waals surface area contributed by atoms with E-state index in [-0.39, 0.29) is 11.7 Å². The van der Waals surface area contributed by atoms with Crippen molar-refractivity contribution in [2.75, 3.05) is 0 Å². The van der Waals surface area contributed by atoms with Crippen LogP contribution < -0.4 is 0 Å². The molecule has 3 rings (SSSR count). The average molecular weight is 419 g/mol. The highest BCUT2D eigenvalue weighted by atomic mass is 79.9. The fourth-order valence-corrected chi connectivity index (χ4v) is 2.84. The standard InChI is InChI=1S/C13H7Br2ClFN3/c14-7-3-11-13(18-6-7)20(12(5-16)19-11)8-1-2-10(17)9(15)4-8/h1-4,6H,5H2. The first-order valence-electron chi connectivity index (χ1n) is 5.64. The quantitative estimate of drug-likeness (QED) is 0.558.